The number of hydrogen-bond donors (Lipinski definition) is 1. The molecule has 0 spiro atoms. The molecule has 2 nitrogen and oxygen atoms in total. The van der Waals surface area contributed by atoms with Crippen molar-refractivity contribution in [2.24, 2.45) is 0 Å². The SMILES string of the molecule is CCc1cc(Cl)ccc1C(=O)O. The molecule has 0 aliphatic rings. The summed E-state index contributed by atoms with van der Waals surface area (Å²) in [6, 6.07) is 4.80. The second-order valence-electron chi connectivity index (χ2n) is 2.46. The van der Waals surface area contributed by atoms with Crippen LogP contribution in [0.4, 0.5) is 0 Å². The van der Waals surface area contributed by atoms with Crippen LogP contribution in [0.1, 0.15) is 22.8 Å². The molecule has 1 rings (SSSR count). The van der Waals surface area contributed by atoms with Gasteiger partial charge >= 0.3 is 5.97 Å². The number of carboxylic acids is 1. The summed E-state index contributed by atoms with van der Waals surface area (Å²) in [6.07, 6.45) is 0.683. The zero-order valence-electron chi connectivity index (χ0n) is 6.67. The van der Waals surface area contributed by atoms with Gasteiger partial charge in [0, 0.05) is 5.02 Å². The van der Waals surface area contributed by atoms with Crippen LogP contribution >= 0.6 is 11.6 Å². The number of benzene rings is 1. The molecule has 0 aliphatic carbocycles. The van der Waals surface area contributed by atoms with E-state index in [1.807, 2.05) is 6.92 Å². The Hall–Kier alpha value is -1.02. The van der Waals surface area contributed by atoms with Gasteiger partial charge < -0.3 is 5.11 Å². The van der Waals surface area contributed by atoms with E-state index in [-0.39, 0.29) is 0 Å². The van der Waals surface area contributed by atoms with Crippen molar-refractivity contribution in [1.82, 2.24) is 0 Å². The highest BCUT2D eigenvalue weighted by atomic mass is 35.5. The van der Waals surface area contributed by atoms with Gasteiger partial charge in [-0.2, -0.15) is 0 Å². The minimum Gasteiger partial charge on any atom is -0.478 e. The lowest BCUT2D eigenvalue weighted by Gasteiger charge is -2.02. The summed E-state index contributed by atoms with van der Waals surface area (Å²) in [5.41, 5.74) is 1.11. The normalized spacial score (nSPS) is 9.83. The molecule has 0 fully saturated rings. The fourth-order valence-corrected chi connectivity index (χ4v) is 1.26. The summed E-state index contributed by atoms with van der Waals surface area (Å²) in [6.45, 7) is 1.90. The molecule has 0 unspecified atom stereocenters. The predicted molar refractivity (Wildman–Crippen MR) is 47.8 cm³/mol. The highest BCUT2D eigenvalue weighted by Gasteiger charge is 2.07. The molecule has 64 valence electrons. The molecule has 0 radical (unpaired) electrons. The maximum atomic E-state index is 10.6. The van der Waals surface area contributed by atoms with Crippen molar-refractivity contribution < 1.29 is 9.90 Å². The van der Waals surface area contributed by atoms with Crippen LogP contribution in [-0.2, 0) is 6.42 Å². The first kappa shape index (κ1) is 9.07. The van der Waals surface area contributed by atoms with Crippen molar-refractivity contribution in [2.75, 3.05) is 0 Å². The van der Waals surface area contributed by atoms with Gasteiger partial charge in [0.1, 0.15) is 0 Å². The second kappa shape index (κ2) is 3.59. The van der Waals surface area contributed by atoms with Crippen molar-refractivity contribution in [1.29, 1.82) is 0 Å². The molecule has 12 heavy (non-hydrogen) atoms. The number of aromatic carboxylic acids is 1. The third-order valence-electron chi connectivity index (χ3n) is 1.68. The quantitative estimate of drug-likeness (QED) is 0.767. The number of carbonyl (C=O) groups is 1. The maximum absolute atomic E-state index is 10.6. The standard InChI is InChI=1S/C9H9ClO2/c1-2-6-5-7(10)3-4-8(6)9(11)12/h3-5H,2H2,1H3,(H,11,12). The molecule has 0 heterocycles. The Kier molecular flexibility index (Phi) is 2.71. The van der Waals surface area contributed by atoms with Crippen LogP contribution in [0.3, 0.4) is 0 Å². The van der Waals surface area contributed by atoms with Gasteiger partial charge in [0.25, 0.3) is 0 Å². The van der Waals surface area contributed by atoms with Gasteiger partial charge in [-0.1, -0.05) is 18.5 Å². The zero-order chi connectivity index (χ0) is 9.14. The Balaban J connectivity index is 3.20. The lowest BCUT2D eigenvalue weighted by molar-refractivity contribution is 0.0696. The molecule has 0 amide bonds. The first-order valence-electron chi connectivity index (χ1n) is 3.67. The van der Waals surface area contributed by atoms with Gasteiger partial charge in [0.05, 0.1) is 5.56 Å². The second-order valence-corrected chi connectivity index (χ2v) is 2.90. The van der Waals surface area contributed by atoms with E-state index in [2.05, 4.69) is 0 Å². The Labute approximate surface area is 75.8 Å². The summed E-state index contributed by atoms with van der Waals surface area (Å²) in [5.74, 6) is -0.900. The summed E-state index contributed by atoms with van der Waals surface area (Å²) in [4.78, 5) is 10.6. The number of rotatable bonds is 2. The monoisotopic (exact) mass is 184 g/mol. The molecule has 0 bridgehead atoms. The van der Waals surface area contributed by atoms with E-state index in [1.165, 1.54) is 6.07 Å². The maximum Gasteiger partial charge on any atom is 0.335 e. The van der Waals surface area contributed by atoms with E-state index >= 15 is 0 Å². The van der Waals surface area contributed by atoms with Crippen LogP contribution in [0.15, 0.2) is 18.2 Å². The molecule has 0 saturated heterocycles. The topological polar surface area (TPSA) is 37.3 Å². The summed E-state index contributed by atoms with van der Waals surface area (Å²) >= 11 is 5.71. The van der Waals surface area contributed by atoms with Crippen molar-refractivity contribution in [3.05, 3.63) is 34.3 Å². The van der Waals surface area contributed by atoms with Gasteiger partial charge in [-0.05, 0) is 30.2 Å². The average Bonchev–Trinajstić information content (AvgIpc) is 2.03. The van der Waals surface area contributed by atoms with Crippen LogP contribution in [0, 0.1) is 0 Å². The highest BCUT2D eigenvalue weighted by molar-refractivity contribution is 6.30. The van der Waals surface area contributed by atoms with Gasteiger partial charge in [0.15, 0.2) is 0 Å². The van der Waals surface area contributed by atoms with Crippen LogP contribution < -0.4 is 0 Å². The van der Waals surface area contributed by atoms with Crippen LogP contribution in [0.5, 0.6) is 0 Å². The van der Waals surface area contributed by atoms with Gasteiger partial charge in [-0.3, -0.25) is 0 Å². The van der Waals surface area contributed by atoms with Crippen molar-refractivity contribution in [3.8, 4) is 0 Å². The number of halogens is 1. The summed E-state index contributed by atoms with van der Waals surface area (Å²) in [7, 11) is 0. The number of aryl methyl sites for hydroxylation is 1. The molecule has 1 N–H and O–H groups in total. The molecule has 0 saturated carbocycles. The first-order chi connectivity index (χ1) is 5.65. The average molecular weight is 185 g/mol. The Morgan fingerprint density at radius 1 is 1.58 bits per heavy atom. The fraction of sp³-hybridized carbons (Fsp3) is 0.222. The predicted octanol–water partition coefficient (Wildman–Crippen LogP) is 2.60. The molecule has 0 aromatic heterocycles. The first-order valence-corrected chi connectivity index (χ1v) is 4.04. The van der Waals surface area contributed by atoms with Crippen molar-refractivity contribution in [2.45, 2.75) is 13.3 Å². The summed E-state index contributed by atoms with van der Waals surface area (Å²) in [5, 5.41) is 9.32. The van der Waals surface area contributed by atoms with Crippen LogP contribution in [0.2, 0.25) is 5.02 Å². The number of hydrogen-bond acceptors (Lipinski definition) is 1. The van der Waals surface area contributed by atoms with E-state index in [0.29, 0.717) is 17.0 Å². The highest BCUT2D eigenvalue weighted by Crippen LogP contribution is 2.16. The van der Waals surface area contributed by atoms with E-state index < -0.39 is 5.97 Å². The van der Waals surface area contributed by atoms with Gasteiger partial charge in [-0.25, -0.2) is 4.79 Å². The molecular formula is C9H9ClO2. The van der Waals surface area contributed by atoms with E-state index in [4.69, 9.17) is 16.7 Å². The van der Waals surface area contributed by atoms with Gasteiger partial charge in [0.2, 0.25) is 0 Å². The smallest absolute Gasteiger partial charge is 0.335 e. The molecule has 1 aromatic rings. The minimum absolute atomic E-state index is 0.335. The minimum atomic E-state index is -0.900. The molecule has 1 aromatic carbocycles. The third-order valence-corrected chi connectivity index (χ3v) is 1.91. The van der Waals surface area contributed by atoms with Crippen LogP contribution in [0.25, 0.3) is 0 Å². The molecule has 3 heteroatoms. The Morgan fingerprint density at radius 3 is 2.75 bits per heavy atom. The Morgan fingerprint density at radius 2 is 2.25 bits per heavy atom. The van der Waals surface area contributed by atoms with E-state index in [9.17, 15) is 4.79 Å². The van der Waals surface area contributed by atoms with Crippen molar-refractivity contribution >= 4 is 17.6 Å². The lowest BCUT2D eigenvalue weighted by Crippen LogP contribution is -2.00. The molecule has 0 aliphatic heterocycles. The van der Waals surface area contributed by atoms with Crippen LogP contribution in [-0.4, -0.2) is 11.1 Å². The zero-order valence-corrected chi connectivity index (χ0v) is 7.43. The Bertz CT molecular complexity index is 307. The molecule has 0 atom stereocenters. The largest absolute Gasteiger partial charge is 0.478 e. The number of carboxylic acid groups (broad SMARTS) is 1. The van der Waals surface area contributed by atoms with E-state index in [1.54, 1.807) is 12.1 Å². The van der Waals surface area contributed by atoms with Crippen molar-refractivity contribution in [3.63, 3.8) is 0 Å². The molecular weight excluding hydrogens is 176 g/mol. The lowest BCUT2D eigenvalue weighted by atomic mass is 10.1. The third kappa shape index (κ3) is 1.77. The summed E-state index contributed by atoms with van der Waals surface area (Å²) < 4.78 is 0. The fourth-order valence-electron chi connectivity index (χ4n) is 1.06. The van der Waals surface area contributed by atoms with E-state index in [0.717, 1.165) is 5.56 Å². The van der Waals surface area contributed by atoms with Gasteiger partial charge in [-0.15, -0.1) is 0 Å².